The first-order valence-corrected chi connectivity index (χ1v) is 8.81. The third-order valence-corrected chi connectivity index (χ3v) is 4.43. The van der Waals surface area contributed by atoms with E-state index in [-0.39, 0.29) is 31.0 Å². The lowest BCUT2D eigenvalue weighted by molar-refractivity contribution is -0.145. The van der Waals surface area contributed by atoms with Crippen molar-refractivity contribution < 1.29 is 13.9 Å². The van der Waals surface area contributed by atoms with Crippen LogP contribution in [-0.2, 0) is 22.7 Å². The molecular formula is C19H14ClN3O5. The molecule has 0 saturated heterocycles. The SMILES string of the molecule is O=C(CCn1c(=O)oc2ccccc21)OCc1nc2ccc(Cl)cc2c(=O)[nH]1. The van der Waals surface area contributed by atoms with E-state index in [4.69, 9.17) is 20.8 Å². The molecule has 0 bridgehead atoms. The number of para-hydroxylation sites is 2. The second kappa shape index (κ2) is 7.32. The lowest BCUT2D eigenvalue weighted by Crippen LogP contribution is -2.18. The van der Waals surface area contributed by atoms with Gasteiger partial charge in [0.1, 0.15) is 12.4 Å². The van der Waals surface area contributed by atoms with E-state index < -0.39 is 11.7 Å². The van der Waals surface area contributed by atoms with E-state index in [2.05, 4.69) is 9.97 Å². The number of hydrogen-bond donors (Lipinski definition) is 1. The predicted octanol–water partition coefficient (Wildman–Crippen LogP) is 2.62. The van der Waals surface area contributed by atoms with Gasteiger partial charge in [0.25, 0.3) is 5.56 Å². The largest absolute Gasteiger partial charge is 0.457 e. The maximum atomic E-state index is 12.1. The van der Waals surface area contributed by atoms with Gasteiger partial charge in [0.05, 0.1) is 22.8 Å². The number of rotatable bonds is 5. The number of carbonyl (C=O) groups is 1. The van der Waals surface area contributed by atoms with Crippen LogP contribution in [0.15, 0.2) is 56.5 Å². The van der Waals surface area contributed by atoms with Crippen LogP contribution in [0.25, 0.3) is 22.0 Å². The number of aryl methyl sites for hydroxylation is 1. The lowest BCUT2D eigenvalue weighted by Gasteiger charge is -2.06. The fourth-order valence-electron chi connectivity index (χ4n) is 2.88. The Bertz CT molecular complexity index is 1300. The van der Waals surface area contributed by atoms with Crippen molar-refractivity contribution in [2.75, 3.05) is 0 Å². The molecule has 0 aliphatic heterocycles. The summed E-state index contributed by atoms with van der Waals surface area (Å²) in [5.41, 5.74) is 1.16. The van der Waals surface area contributed by atoms with Crippen LogP contribution in [0.2, 0.25) is 5.02 Å². The van der Waals surface area contributed by atoms with Crippen molar-refractivity contribution in [2.24, 2.45) is 0 Å². The molecule has 4 aromatic rings. The zero-order chi connectivity index (χ0) is 19.7. The van der Waals surface area contributed by atoms with E-state index in [1.807, 2.05) is 0 Å². The monoisotopic (exact) mass is 399 g/mol. The highest BCUT2D eigenvalue weighted by molar-refractivity contribution is 6.31. The van der Waals surface area contributed by atoms with Gasteiger partial charge in [-0.3, -0.25) is 14.2 Å². The van der Waals surface area contributed by atoms with E-state index in [1.165, 1.54) is 10.6 Å². The Kier molecular flexibility index (Phi) is 4.70. The molecule has 0 unspecified atom stereocenters. The smallest absolute Gasteiger partial charge is 0.419 e. The van der Waals surface area contributed by atoms with Crippen molar-refractivity contribution in [1.29, 1.82) is 0 Å². The van der Waals surface area contributed by atoms with Gasteiger partial charge in [0.2, 0.25) is 0 Å². The van der Waals surface area contributed by atoms with Crippen LogP contribution < -0.4 is 11.3 Å². The summed E-state index contributed by atoms with van der Waals surface area (Å²) in [4.78, 5) is 42.9. The molecular weight excluding hydrogens is 386 g/mol. The molecule has 1 N–H and O–H groups in total. The molecule has 4 rings (SSSR count). The van der Waals surface area contributed by atoms with E-state index in [0.717, 1.165) is 0 Å². The molecule has 2 aromatic carbocycles. The molecule has 0 atom stereocenters. The summed E-state index contributed by atoms with van der Waals surface area (Å²) in [6.45, 7) is -0.0669. The van der Waals surface area contributed by atoms with Gasteiger partial charge < -0.3 is 14.1 Å². The van der Waals surface area contributed by atoms with Gasteiger partial charge in [-0.2, -0.15) is 0 Å². The van der Waals surface area contributed by atoms with E-state index in [9.17, 15) is 14.4 Å². The minimum absolute atomic E-state index is 0.0309. The Morgan fingerprint density at radius 2 is 2.04 bits per heavy atom. The first-order chi connectivity index (χ1) is 13.5. The molecule has 0 spiro atoms. The molecule has 2 heterocycles. The summed E-state index contributed by atoms with van der Waals surface area (Å²) in [6, 6.07) is 11.7. The van der Waals surface area contributed by atoms with Crippen molar-refractivity contribution in [3.63, 3.8) is 0 Å². The zero-order valence-corrected chi connectivity index (χ0v) is 15.2. The Hall–Kier alpha value is -3.39. The maximum Gasteiger partial charge on any atom is 0.419 e. The van der Waals surface area contributed by atoms with Crippen molar-refractivity contribution in [3.05, 3.63) is 74.2 Å². The number of fused-ring (bicyclic) bond motifs is 2. The highest BCUT2D eigenvalue weighted by Gasteiger charge is 2.12. The molecule has 0 fully saturated rings. The average molecular weight is 400 g/mol. The van der Waals surface area contributed by atoms with Crippen LogP contribution in [0.3, 0.4) is 0 Å². The number of nitrogens with one attached hydrogen (secondary N) is 1. The number of aromatic amines is 1. The van der Waals surface area contributed by atoms with E-state index in [1.54, 1.807) is 36.4 Å². The topological polar surface area (TPSA) is 107 Å². The number of ether oxygens (including phenoxy) is 1. The van der Waals surface area contributed by atoms with Crippen molar-refractivity contribution in [2.45, 2.75) is 19.6 Å². The molecule has 28 heavy (non-hydrogen) atoms. The maximum absolute atomic E-state index is 12.1. The number of carbonyl (C=O) groups excluding carboxylic acids is 1. The Morgan fingerprint density at radius 3 is 2.89 bits per heavy atom. The third-order valence-electron chi connectivity index (χ3n) is 4.20. The number of oxazole rings is 1. The summed E-state index contributed by atoms with van der Waals surface area (Å²) in [7, 11) is 0. The highest BCUT2D eigenvalue weighted by atomic mass is 35.5. The van der Waals surface area contributed by atoms with Crippen molar-refractivity contribution in [3.8, 4) is 0 Å². The number of benzene rings is 2. The van der Waals surface area contributed by atoms with Gasteiger partial charge in [-0.05, 0) is 30.3 Å². The van der Waals surface area contributed by atoms with E-state index in [0.29, 0.717) is 27.0 Å². The molecule has 8 nitrogen and oxygen atoms in total. The zero-order valence-electron chi connectivity index (χ0n) is 14.5. The Morgan fingerprint density at radius 1 is 1.21 bits per heavy atom. The molecule has 0 radical (unpaired) electrons. The number of H-pyrrole nitrogens is 1. The molecule has 142 valence electrons. The quantitative estimate of drug-likeness (QED) is 0.517. The fraction of sp³-hybridized carbons (Fsp3) is 0.158. The number of aromatic nitrogens is 3. The minimum Gasteiger partial charge on any atom is -0.457 e. The fourth-order valence-corrected chi connectivity index (χ4v) is 3.05. The van der Waals surface area contributed by atoms with E-state index >= 15 is 0 Å². The second-order valence-electron chi connectivity index (χ2n) is 6.07. The Balaban J connectivity index is 1.43. The second-order valence-corrected chi connectivity index (χ2v) is 6.51. The summed E-state index contributed by atoms with van der Waals surface area (Å²) in [5.74, 6) is -0.844. The van der Waals surface area contributed by atoms with Crippen molar-refractivity contribution >= 4 is 39.6 Å². The average Bonchev–Trinajstić information content (AvgIpc) is 3.00. The summed E-state index contributed by atoms with van der Waals surface area (Å²) >= 11 is 5.88. The first kappa shape index (κ1) is 18.0. The van der Waals surface area contributed by atoms with Crippen molar-refractivity contribution in [1.82, 2.24) is 14.5 Å². The van der Waals surface area contributed by atoms with Gasteiger partial charge >= 0.3 is 11.7 Å². The predicted molar refractivity (Wildman–Crippen MR) is 102 cm³/mol. The number of hydrogen-bond acceptors (Lipinski definition) is 6. The molecule has 0 saturated carbocycles. The molecule has 2 aromatic heterocycles. The Labute approximate surface area is 162 Å². The molecule has 0 aliphatic carbocycles. The van der Waals surface area contributed by atoms with Crippen LogP contribution >= 0.6 is 11.6 Å². The molecule has 0 aliphatic rings. The van der Waals surface area contributed by atoms with Gasteiger partial charge in [-0.15, -0.1) is 0 Å². The normalized spacial score (nSPS) is 11.2. The van der Waals surface area contributed by atoms with Gasteiger partial charge in [-0.25, -0.2) is 9.78 Å². The number of halogens is 1. The minimum atomic E-state index is -0.534. The van der Waals surface area contributed by atoms with Crippen LogP contribution in [-0.4, -0.2) is 20.5 Å². The third kappa shape index (κ3) is 3.54. The van der Waals surface area contributed by atoms with Gasteiger partial charge in [-0.1, -0.05) is 23.7 Å². The van der Waals surface area contributed by atoms with Crippen LogP contribution in [0, 0.1) is 0 Å². The number of nitrogens with zero attached hydrogens (tertiary/aromatic N) is 2. The lowest BCUT2D eigenvalue weighted by atomic mass is 10.2. The van der Waals surface area contributed by atoms with Crippen LogP contribution in [0.4, 0.5) is 0 Å². The van der Waals surface area contributed by atoms with Crippen LogP contribution in [0.1, 0.15) is 12.2 Å². The molecule has 9 heteroatoms. The van der Waals surface area contributed by atoms with Gasteiger partial charge in [0.15, 0.2) is 5.58 Å². The standard InChI is InChI=1S/C19H14ClN3O5/c20-11-5-6-13-12(9-11)18(25)22-16(21-13)10-27-17(24)7-8-23-14-3-1-2-4-15(14)28-19(23)26/h1-6,9H,7-8,10H2,(H,21,22,25). The van der Waals surface area contributed by atoms with Gasteiger partial charge in [0, 0.05) is 11.6 Å². The number of esters is 1. The molecule has 0 amide bonds. The first-order valence-electron chi connectivity index (χ1n) is 8.44. The highest BCUT2D eigenvalue weighted by Crippen LogP contribution is 2.15. The summed E-state index contributed by atoms with van der Waals surface area (Å²) < 4.78 is 11.7. The summed E-state index contributed by atoms with van der Waals surface area (Å²) in [6.07, 6.45) is -0.0309. The summed E-state index contributed by atoms with van der Waals surface area (Å²) in [5, 5.41) is 0.787. The van der Waals surface area contributed by atoms with Crippen LogP contribution in [0.5, 0.6) is 0 Å².